The number of imidazole rings is 1. The number of benzene rings is 1. The van der Waals surface area contributed by atoms with Gasteiger partial charge in [-0.15, -0.1) is 0 Å². The monoisotopic (exact) mass is 495 g/mol. The maximum atomic E-state index is 15.1. The topological polar surface area (TPSA) is 125 Å². The number of hydrogen-bond donors (Lipinski definition) is 3. The molecule has 6 aromatic rings. The summed E-state index contributed by atoms with van der Waals surface area (Å²) in [7, 11) is 0. The maximum absolute atomic E-state index is 15.1. The number of fused-ring (bicyclic) bond motifs is 2. The second-order valence-corrected chi connectivity index (χ2v) is 8.72. The second-order valence-electron chi connectivity index (χ2n) is 8.72. The molecule has 0 aliphatic carbocycles. The van der Waals surface area contributed by atoms with Crippen LogP contribution in [0.4, 0.5) is 10.1 Å². The largest absolute Gasteiger partial charge is 0.472 e. The van der Waals surface area contributed by atoms with Gasteiger partial charge in [0.2, 0.25) is 5.91 Å². The number of halogens is 1. The number of furan rings is 1. The lowest BCUT2D eigenvalue weighted by Crippen LogP contribution is -2.11. The van der Waals surface area contributed by atoms with E-state index in [1.807, 2.05) is 19.1 Å². The highest BCUT2D eigenvalue weighted by molar-refractivity contribution is 5.98. The third-order valence-corrected chi connectivity index (χ3v) is 6.19. The van der Waals surface area contributed by atoms with E-state index in [2.05, 4.69) is 35.5 Å². The molecular formula is C27H22FN7O2. The second kappa shape index (κ2) is 9.30. The van der Waals surface area contributed by atoms with Crippen LogP contribution in [0, 0.1) is 5.82 Å². The number of anilines is 1. The van der Waals surface area contributed by atoms with E-state index in [9.17, 15) is 4.79 Å². The molecule has 184 valence electrons. The molecule has 0 atom stereocenters. The van der Waals surface area contributed by atoms with Crippen LogP contribution in [0.15, 0.2) is 65.9 Å². The molecule has 9 nitrogen and oxygen atoms in total. The molecule has 0 spiro atoms. The molecule has 5 aromatic heterocycles. The van der Waals surface area contributed by atoms with Crippen molar-refractivity contribution in [1.29, 1.82) is 0 Å². The van der Waals surface area contributed by atoms with E-state index in [0.29, 0.717) is 51.3 Å². The lowest BCUT2D eigenvalue weighted by molar-refractivity contribution is -0.116. The van der Waals surface area contributed by atoms with Gasteiger partial charge in [0.1, 0.15) is 11.5 Å². The number of carbonyl (C=O) groups excluding carboxylic acids is 1. The van der Waals surface area contributed by atoms with Crippen molar-refractivity contribution >= 4 is 33.7 Å². The molecular weight excluding hydrogens is 473 g/mol. The van der Waals surface area contributed by atoms with Crippen molar-refractivity contribution in [3.63, 3.8) is 0 Å². The number of aromatic amines is 2. The molecule has 1 aromatic carbocycles. The number of unbranched alkanes of at least 4 members (excludes halogenated alkanes) is 1. The van der Waals surface area contributed by atoms with Crippen LogP contribution in [0.3, 0.4) is 0 Å². The molecule has 5 heterocycles. The molecule has 0 bridgehead atoms. The lowest BCUT2D eigenvalue weighted by Gasteiger charge is -2.08. The minimum absolute atomic E-state index is 0.0953. The maximum Gasteiger partial charge on any atom is 0.224 e. The van der Waals surface area contributed by atoms with E-state index >= 15 is 4.39 Å². The fraction of sp³-hybridized carbons (Fsp3) is 0.148. The Morgan fingerprint density at radius 2 is 2.05 bits per heavy atom. The van der Waals surface area contributed by atoms with Crippen LogP contribution in [0.25, 0.3) is 55.8 Å². The molecule has 0 radical (unpaired) electrons. The Morgan fingerprint density at radius 3 is 2.89 bits per heavy atom. The highest BCUT2D eigenvalue weighted by atomic mass is 19.1. The van der Waals surface area contributed by atoms with Crippen LogP contribution in [-0.4, -0.2) is 36.0 Å². The highest BCUT2D eigenvalue weighted by Gasteiger charge is 2.18. The van der Waals surface area contributed by atoms with E-state index in [0.717, 1.165) is 29.5 Å². The quantitative estimate of drug-likeness (QED) is 0.246. The number of nitrogens with one attached hydrogen (secondary N) is 3. The van der Waals surface area contributed by atoms with Crippen molar-refractivity contribution < 1.29 is 13.6 Å². The number of carbonyl (C=O) groups is 1. The average molecular weight is 496 g/mol. The van der Waals surface area contributed by atoms with Gasteiger partial charge in [0.05, 0.1) is 35.4 Å². The van der Waals surface area contributed by atoms with Crippen LogP contribution in [0.2, 0.25) is 0 Å². The predicted octanol–water partition coefficient (Wildman–Crippen LogP) is 6.09. The van der Waals surface area contributed by atoms with Crippen LogP contribution >= 0.6 is 0 Å². The third kappa shape index (κ3) is 4.22. The molecule has 6 rings (SSSR count). The minimum Gasteiger partial charge on any atom is -0.472 e. The fourth-order valence-electron chi connectivity index (χ4n) is 4.34. The molecule has 0 fully saturated rings. The number of amides is 1. The summed E-state index contributed by atoms with van der Waals surface area (Å²) in [6, 6.07) is 8.56. The van der Waals surface area contributed by atoms with Gasteiger partial charge < -0.3 is 14.7 Å². The standard InChI is InChI=1S/C27H22FN7O2/c1-2-3-4-23(36)31-17-9-16(12-29-13-17)19-10-20-22(11-21(19)28)34-35-25(20)27-32-24-18(15-6-8-37-14-15)5-7-30-26(24)33-27/h5-14H,2-4H2,1H3,(H,31,36)(H,34,35)(H,30,32,33). The first-order valence-corrected chi connectivity index (χ1v) is 11.9. The first-order chi connectivity index (χ1) is 18.1. The Kier molecular flexibility index (Phi) is 5.68. The summed E-state index contributed by atoms with van der Waals surface area (Å²) < 4.78 is 20.4. The van der Waals surface area contributed by atoms with Gasteiger partial charge >= 0.3 is 0 Å². The fourth-order valence-corrected chi connectivity index (χ4v) is 4.34. The molecule has 37 heavy (non-hydrogen) atoms. The van der Waals surface area contributed by atoms with Gasteiger partial charge in [-0.25, -0.2) is 14.4 Å². The van der Waals surface area contributed by atoms with Gasteiger partial charge in [-0.2, -0.15) is 5.10 Å². The van der Waals surface area contributed by atoms with Gasteiger partial charge in [-0.1, -0.05) is 13.3 Å². The molecule has 0 aliphatic heterocycles. The summed E-state index contributed by atoms with van der Waals surface area (Å²) in [5.41, 5.74) is 5.51. The molecule has 0 saturated heterocycles. The molecule has 3 N–H and O–H groups in total. The molecule has 1 amide bonds. The first-order valence-electron chi connectivity index (χ1n) is 11.9. The summed E-state index contributed by atoms with van der Waals surface area (Å²) in [5, 5.41) is 10.8. The van der Waals surface area contributed by atoms with E-state index in [1.54, 1.807) is 43.2 Å². The van der Waals surface area contributed by atoms with E-state index < -0.39 is 5.82 Å². The van der Waals surface area contributed by atoms with Gasteiger partial charge in [0.15, 0.2) is 11.5 Å². The van der Waals surface area contributed by atoms with Gasteiger partial charge in [-0.3, -0.25) is 14.9 Å². The van der Waals surface area contributed by atoms with E-state index in [4.69, 9.17) is 4.42 Å². The Morgan fingerprint density at radius 1 is 1.14 bits per heavy atom. The van der Waals surface area contributed by atoms with Crippen LogP contribution in [-0.2, 0) is 4.79 Å². The number of H-pyrrole nitrogens is 2. The highest BCUT2D eigenvalue weighted by Crippen LogP contribution is 2.34. The normalized spacial score (nSPS) is 11.4. The van der Waals surface area contributed by atoms with Crippen molar-refractivity contribution in [2.45, 2.75) is 26.2 Å². The number of rotatable bonds is 7. The number of hydrogen-bond acceptors (Lipinski definition) is 6. The first kappa shape index (κ1) is 22.6. The number of nitrogens with zero attached hydrogens (tertiary/aromatic N) is 4. The summed E-state index contributed by atoms with van der Waals surface area (Å²) >= 11 is 0. The van der Waals surface area contributed by atoms with Gasteiger partial charge in [0, 0.05) is 52.5 Å². The Bertz CT molecular complexity index is 1740. The van der Waals surface area contributed by atoms with Crippen LogP contribution < -0.4 is 5.32 Å². The summed E-state index contributed by atoms with van der Waals surface area (Å²) in [4.78, 5) is 28.7. The minimum atomic E-state index is -0.438. The molecule has 0 unspecified atom stereocenters. The van der Waals surface area contributed by atoms with Crippen molar-refractivity contribution in [3.8, 4) is 33.8 Å². The Hall–Kier alpha value is -4.86. The zero-order valence-corrected chi connectivity index (χ0v) is 19.9. The SMILES string of the molecule is CCCCC(=O)Nc1cncc(-c2cc3c(-c4nc5nccc(-c6ccoc6)c5[nH]4)n[nH]c3cc2F)c1. The predicted molar refractivity (Wildman–Crippen MR) is 138 cm³/mol. The zero-order chi connectivity index (χ0) is 25.4. The number of aromatic nitrogens is 6. The summed E-state index contributed by atoms with van der Waals surface area (Å²) in [5.74, 6) is -0.0353. The van der Waals surface area contributed by atoms with E-state index in [-0.39, 0.29) is 5.91 Å². The summed E-state index contributed by atoms with van der Waals surface area (Å²) in [6.45, 7) is 2.03. The summed E-state index contributed by atoms with van der Waals surface area (Å²) in [6.07, 6.45) is 10.2. The lowest BCUT2D eigenvalue weighted by atomic mass is 10.0. The van der Waals surface area contributed by atoms with Crippen molar-refractivity contribution in [2.75, 3.05) is 5.32 Å². The van der Waals surface area contributed by atoms with Crippen molar-refractivity contribution in [3.05, 3.63) is 67.3 Å². The average Bonchev–Trinajstić information content (AvgIpc) is 3.66. The molecule has 10 heteroatoms. The number of pyridine rings is 2. The van der Waals surface area contributed by atoms with Gasteiger partial charge in [-0.05, 0) is 30.7 Å². The van der Waals surface area contributed by atoms with Crippen molar-refractivity contribution in [2.24, 2.45) is 0 Å². The van der Waals surface area contributed by atoms with E-state index in [1.165, 1.54) is 6.07 Å². The van der Waals surface area contributed by atoms with Crippen LogP contribution in [0.1, 0.15) is 26.2 Å². The smallest absolute Gasteiger partial charge is 0.224 e. The Balaban J connectivity index is 1.40. The van der Waals surface area contributed by atoms with Crippen LogP contribution in [0.5, 0.6) is 0 Å². The molecule has 0 saturated carbocycles. The van der Waals surface area contributed by atoms with Gasteiger partial charge in [0.25, 0.3) is 0 Å². The Labute approximate surface area is 210 Å². The molecule has 0 aliphatic rings. The zero-order valence-electron chi connectivity index (χ0n) is 19.9. The van der Waals surface area contributed by atoms with Crippen molar-refractivity contribution in [1.82, 2.24) is 30.1 Å². The third-order valence-electron chi connectivity index (χ3n) is 6.19.